The number of amides is 2. The molecule has 1 aromatic heterocycles. The normalized spacial score (nSPS) is 17.3. The molecule has 33 heavy (non-hydrogen) atoms. The average molecular weight is 472 g/mol. The molecule has 0 radical (unpaired) electrons. The zero-order valence-electron chi connectivity index (χ0n) is 18.5. The second-order valence-corrected chi connectivity index (χ2v) is 9.51. The standard InChI is InChI=1S/C23H25N3O6S/c1-15(27)16-3-5-17(6-4-16)20(28)24-10-7-23(8-11-24)9-12-25(14-23)21(29)18-13-33-22(26(30)31)19(18)32-2/h3-6,13H,7-12,14H2,1-2H3. The Hall–Kier alpha value is -3.27. The molecule has 0 aliphatic carbocycles. The van der Waals surface area contributed by atoms with Crippen molar-refractivity contribution in [2.24, 2.45) is 5.41 Å². The molecule has 3 heterocycles. The number of ether oxygens (including phenoxy) is 1. The molecule has 1 spiro atoms. The Morgan fingerprint density at radius 3 is 2.12 bits per heavy atom. The molecule has 9 nitrogen and oxygen atoms in total. The van der Waals surface area contributed by atoms with Crippen LogP contribution in [-0.2, 0) is 0 Å². The number of hydrogen-bond acceptors (Lipinski definition) is 7. The van der Waals surface area contributed by atoms with Gasteiger partial charge in [-0.2, -0.15) is 0 Å². The van der Waals surface area contributed by atoms with Crippen LogP contribution in [0.15, 0.2) is 29.6 Å². The maximum Gasteiger partial charge on any atom is 0.366 e. The summed E-state index contributed by atoms with van der Waals surface area (Å²) in [4.78, 5) is 51.6. The van der Waals surface area contributed by atoms with Gasteiger partial charge in [-0.15, -0.1) is 0 Å². The molecule has 0 bridgehead atoms. The lowest BCUT2D eigenvalue weighted by molar-refractivity contribution is -0.381. The van der Waals surface area contributed by atoms with Crippen LogP contribution in [0.2, 0.25) is 0 Å². The van der Waals surface area contributed by atoms with Gasteiger partial charge in [-0.3, -0.25) is 24.5 Å². The molecule has 0 N–H and O–H groups in total. The number of piperidine rings is 1. The van der Waals surface area contributed by atoms with Crippen molar-refractivity contribution in [3.05, 3.63) is 56.5 Å². The third-order valence-corrected chi connectivity index (χ3v) is 7.61. The van der Waals surface area contributed by atoms with Gasteiger partial charge in [-0.25, -0.2) is 0 Å². The van der Waals surface area contributed by atoms with Crippen molar-refractivity contribution in [2.45, 2.75) is 26.2 Å². The number of nitrogens with zero attached hydrogens (tertiary/aromatic N) is 3. The summed E-state index contributed by atoms with van der Waals surface area (Å²) < 4.78 is 5.16. The molecule has 2 amide bonds. The van der Waals surface area contributed by atoms with Gasteiger partial charge in [-0.05, 0) is 43.7 Å². The molecule has 174 valence electrons. The van der Waals surface area contributed by atoms with Gasteiger partial charge in [-0.1, -0.05) is 23.5 Å². The van der Waals surface area contributed by atoms with Crippen LogP contribution in [0.1, 0.15) is 57.3 Å². The van der Waals surface area contributed by atoms with Crippen LogP contribution in [0.3, 0.4) is 0 Å². The van der Waals surface area contributed by atoms with Gasteiger partial charge < -0.3 is 14.5 Å². The van der Waals surface area contributed by atoms with Crippen molar-refractivity contribution in [3.63, 3.8) is 0 Å². The van der Waals surface area contributed by atoms with E-state index in [1.54, 1.807) is 29.2 Å². The number of carbonyl (C=O) groups is 3. The summed E-state index contributed by atoms with van der Waals surface area (Å²) in [6.07, 6.45) is 2.41. The lowest BCUT2D eigenvalue weighted by atomic mass is 9.77. The summed E-state index contributed by atoms with van der Waals surface area (Å²) in [6.45, 7) is 3.83. The highest BCUT2D eigenvalue weighted by atomic mass is 32.1. The Morgan fingerprint density at radius 2 is 1.58 bits per heavy atom. The number of benzene rings is 1. The molecule has 0 atom stereocenters. The number of ketones is 1. The molecule has 10 heteroatoms. The fourth-order valence-corrected chi connectivity index (χ4v) is 5.53. The molecule has 2 fully saturated rings. The summed E-state index contributed by atoms with van der Waals surface area (Å²) in [5, 5.41) is 12.5. The molecular formula is C23H25N3O6S. The van der Waals surface area contributed by atoms with Gasteiger partial charge in [0.05, 0.1) is 17.6 Å². The molecule has 2 aromatic rings. The number of thiophene rings is 1. The molecule has 0 unspecified atom stereocenters. The number of hydrogen-bond donors (Lipinski definition) is 0. The van der Waals surface area contributed by atoms with Gasteiger partial charge >= 0.3 is 5.00 Å². The van der Waals surface area contributed by atoms with Crippen molar-refractivity contribution in [1.29, 1.82) is 0 Å². The van der Waals surface area contributed by atoms with E-state index in [1.807, 2.05) is 4.90 Å². The maximum absolute atomic E-state index is 13.1. The van der Waals surface area contributed by atoms with Gasteiger partial charge in [0.15, 0.2) is 5.78 Å². The Labute approximate surface area is 195 Å². The third kappa shape index (κ3) is 4.35. The van der Waals surface area contributed by atoms with Crippen molar-refractivity contribution >= 4 is 33.9 Å². The topological polar surface area (TPSA) is 110 Å². The molecule has 2 aliphatic heterocycles. The zero-order chi connectivity index (χ0) is 23.8. The largest absolute Gasteiger partial charge is 0.489 e. The molecule has 2 aliphatic rings. The first-order chi connectivity index (χ1) is 15.7. The Balaban J connectivity index is 1.39. The van der Waals surface area contributed by atoms with Crippen molar-refractivity contribution < 1.29 is 24.0 Å². The molecule has 1 aromatic carbocycles. The second-order valence-electron chi connectivity index (χ2n) is 8.65. The van der Waals surface area contributed by atoms with Crippen LogP contribution in [0.5, 0.6) is 5.75 Å². The molecular weight excluding hydrogens is 446 g/mol. The zero-order valence-corrected chi connectivity index (χ0v) is 19.4. The molecule has 2 saturated heterocycles. The van der Waals surface area contributed by atoms with E-state index in [9.17, 15) is 24.5 Å². The van der Waals surface area contributed by atoms with Crippen LogP contribution in [-0.4, -0.2) is 65.6 Å². The number of nitro groups is 1. The number of methoxy groups -OCH3 is 1. The predicted molar refractivity (Wildman–Crippen MR) is 122 cm³/mol. The minimum atomic E-state index is -0.536. The van der Waals surface area contributed by atoms with E-state index in [-0.39, 0.29) is 39.3 Å². The van der Waals surface area contributed by atoms with Crippen LogP contribution in [0, 0.1) is 15.5 Å². The van der Waals surface area contributed by atoms with Gasteiger partial charge in [0, 0.05) is 42.7 Å². The minimum absolute atomic E-state index is 0.0205. The second kappa shape index (κ2) is 8.93. The van der Waals surface area contributed by atoms with E-state index < -0.39 is 4.92 Å². The van der Waals surface area contributed by atoms with Crippen molar-refractivity contribution in [1.82, 2.24) is 9.80 Å². The first-order valence-electron chi connectivity index (χ1n) is 10.7. The van der Waals surface area contributed by atoms with Gasteiger partial charge in [0.25, 0.3) is 11.8 Å². The van der Waals surface area contributed by atoms with E-state index in [1.165, 1.54) is 19.4 Å². The average Bonchev–Trinajstić information content (AvgIpc) is 3.43. The highest BCUT2D eigenvalue weighted by Crippen LogP contribution is 2.43. The fraction of sp³-hybridized carbons (Fsp3) is 0.435. The van der Waals surface area contributed by atoms with Crippen molar-refractivity contribution in [3.8, 4) is 5.75 Å². The smallest absolute Gasteiger partial charge is 0.366 e. The number of rotatable bonds is 5. The van der Waals surface area contributed by atoms with E-state index in [0.29, 0.717) is 37.3 Å². The van der Waals surface area contributed by atoms with E-state index in [2.05, 4.69) is 0 Å². The van der Waals surface area contributed by atoms with Crippen LogP contribution < -0.4 is 4.74 Å². The highest BCUT2D eigenvalue weighted by Gasteiger charge is 2.44. The number of carbonyl (C=O) groups excluding carboxylic acids is 3. The van der Waals surface area contributed by atoms with Crippen LogP contribution in [0.4, 0.5) is 5.00 Å². The highest BCUT2D eigenvalue weighted by molar-refractivity contribution is 7.14. The number of Topliss-reactive ketones (excluding diaryl/α,β-unsaturated/α-hetero) is 1. The first kappa shape index (κ1) is 22.9. The lowest BCUT2D eigenvalue weighted by Gasteiger charge is -2.39. The van der Waals surface area contributed by atoms with Crippen molar-refractivity contribution in [2.75, 3.05) is 33.3 Å². The monoisotopic (exact) mass is 471 g/mol. The van der Waals surface area contributed by atoms with E-state index in [4.69, 9.17) is 4.74 Å². The Bertz CT molecular complexity index is 1100. The van der Waals surface area contributed by atoms with E-state index in [0.717, 1.165) is 30.6 Å². The summed E-state index contributed by atoms with van der Waals surface area (Å²) in [5.41, 5.74) is 1.31. The molecule has 4 rings (SSSR count). The maximum atomic E-state index is 13.1. The van der Waals surface area contributed by atoms with Crippen LogP contribution in [0.25, 0.3) is 0 Å². The lowest BCUT2D eigenvalue weighted by Crippen LogP contribution is -2.44. The van der Waals surface area contributed by atoms with E-state index >= 15 is 0 Å². The summed E-state index contributed by atoms with van der Waals surface area (Å²) in [6, 6.07) is 6.72. The number of likely N-dealkylation sites (tertiary alicyclic amines) is 2. The SMILES string of the molecule is COc1c(C(=O)N2CCC3(CCN(C(=O)c4ccc(C(C)=O)cc4)CC3)C2)csc1[N+](=O)[O-]. The predicted octanol–water partition coefficient (Wildman–Crippen LogP) is 3.64. The Kier molecular flexibility index (Phi) is 6.20. The summed E-state index contributed by atoms with van der Waals surface area (Å²) in [5.74, 6) is -0.325. The molecule has 0 saturated carbocycles. The first-order valence-corrected chi connectivity index (χ1v) is 11.6. The minimum Gasteiger partial charge on any atom is -0.489 e. The summed E-state index contributed by atoms with van der Waals surface area (Å²) in [7, 11) is 1.33. The third-order valence-electron chi connectivity index (χ3n) is 6.70. The quantitative estimate of drug-likeness (QED) is 0.374. The fourth-order valence-electron chi connectivity index (χ4n) is 4.71. The Morgan fingerprint density at radius 1 is 1.00 bits per heavy atom. The van der Waals surface area contributed by atoms with Gasteiger partial charge in [0.1, 0.15) is 0 Å². The summed E-state index contributed by atoms with van der Waals surface area (Å²) >= 11 is 0.892. The van der Waals surface area contributed by atoms with Gasteiger partial charge in [0.2, 0.25) is 5.75 Å². The van der Waals surface area contributed by atoms with Crippen LogP contribution >= 0.6 is 11.3 Å².